The molecule has 1 heterocycles. The summed E-state index contributed by atoms with van der Waals surface area (Å²) >= 11 is 0. The number of fused-ring (bicyclic) bond motifs is 1. The molecule has 2 amide bonds. The van der Waals surface area contributed by atoms with Crippen molar-refractivity contribution in [2.45, 2.75) is 25.8 Å². The van der Waals surface area contributed by atoms with Crippen molar-refractivity contribution in [2.24, 2.45) is 17.6 Å². The highest BCUT2D eigenvalue weighted by molar-refractivity contribution is 5.89. The van der Waals surface area contributed by atoms with Gasteiger partial charge in [-0.3, -0.25) is 0 Å². The summed E-state index contributed by atoms with van der Waals surface area (Å²) in [7, 11) is 0. The Morgan fingerprint density at radius 1 is 1.32 bits per heavy atom. The van der Waals surface area contributed by atoms with Gasteiger partial charge in [0.1, 0.15) is 0 Å². The Bertz CT molecular complexity index is 462. The lowest BCUT2D eigenvalue weighted by Gasteiger charge is -2.18. The van der Waals surface area contributed by atoms with Crippen molar-refractivity contribution >= 4 is 11.7 Å². The summed E-state index contributed by atoms with van der Waals surface area (Å²) in [4.78, 5) is 14.2. The number of likely N-dealkylation sites (tertiary alicyclic amines) is 1. The number of rotatable bonds is 2. The molecule has 1 aromatic carbocycles. The summed E-state index contributed by atoms with van der Waals surface area (Å²) in [6, 6.07) is 7.78. The topological polar surface area (TPSA) is 58.4 Å². The number of nitrogens with zero attached hydrogens (tertiary/aromatic N) is 1. The van der Waals surface area contributed by atoms with E-state index in [0.717, 1.165) is 36.2 Å². The molecule has 1 aliphatic carbocycles. The van der Waals surface area contributed by atoms with Gasteiger partial charge in [0, 0.05) is 25.3 Å². The van der Waals surface area contributed by atoms with Gasteiger partial charge in [-0.2, -0.15) is 0 Å². The Morgan fingerprint density at radius 3 is 2.74 bits per heavy atom. The average molecular weight is 259 g/mol. The van der Waals surface area contributed by atoms with E-state index in [4.69, 9.17) is 5.73 Å². The summed E-state index contributed by atoms with van der Waals surface area (Å²) in [5.74, 6) is 1.47. The lowest BCUT2D eigenvalue weighted by atomic mass is 10.0. The molecule has 19 heavy (non-hydrogen) atoms. The van der Waals surface area contributed by atoms with E-state index in [1.54, 1.807) is 0 Å². The molecule has 4 nitrogen and oxygen atoms in total. The van der Waals surface area contributed by atoms with E-state index in [9.17, 15) is 4.79 Å². The molecular formula is C15H21N3O. The van der Waals surface area contributed by atoms with E-state index in [0.29, 0.717) is 6.54 Å². The molecule has 0 aromatic heterocycles. The van der Waals surface area contributed by atoms with Crippen molar-refractivity contribution in [1.29, 1.82) is 0 Å². The Labute approximate surface area is 114 Å². The predicted octanol–water partition coefficient (Wildman–Crippen LogP) is 2.41. The number of nitrogens with two attached hydrogens (primary N) is 1. The summed E-state index contributed by atoms with van der Waals surface area (Å²) in [6.07, 6.45) is 3.91. The Morgan fingerprint density at radius 2 is 2.05 bits per heavy atom. The Hall–Kier alpha value is -1.55. The smallest absolute Gasteiger partial charge is 0.321 e. The van der Waals surface area contributed by atoms with Gasteiger partial charge in [-0.15, -0.1) is 0 Å². The van der Waals surface area contributed by atoms with Crippen molar-refractivity contribution in [1.82, 2.24) is 4.90 Å². The first-order chi connectivity index (χ1) is 9.26. The van der Waals surface area contributed by atoms with Gasteiger partial charge in [0.15, 0.2) is 0 Å². The zero-order chi connectivity index (χ0) is 13.2. The largest absolute Gasteiger partial charge is 0.326 e. The lowest BCUT2D eigenvalue weighted by Crippen LogP contribution is -2.33. The van der Waals surface area contributed by atoms with Crippen LogP contribution in [0.1, 0.15) is 24.8 Å². The van der Waals surface area contributed by atoms with Crippen LogP contribution >= 0.6 is 0 Å². The summed E-state index contributed by atoms with van der Waals surface area (Å²) in [5, 5.41) is 2.98. The number of hydrogen-bond donors (Lipinski definition) is 2. The van der Waals surface area contributed by atoms with Crippen LogP contribution in [0, 0.1) is 11.8 Å². The molecule has 1 saturated carbocycles. The molecule has 102 valence electrons. The second-order valence-electron chi connectivity index (χ2n) is 5.69. The number of nitrogens with one attached hydrogen (secondary N) is 1. The highest BCUT2D eigenvalue weighted by Crippen LogP contribution is 2.37. The lowest BCUT2D eigenvalue weighted by molar-refractivity contribution is 0.219. The normalized spacial score (nSPS) is 25.4. The van der Waals surface area contributed by atoms with Crippen LogP contribution in [0.2, 0.25) is 0 Å². The third-order valence-corrected chi connectivity index (χ3v) is 4.43. The highest BCUT2D eigenvalue weighted by Gasteiger charge is 2.37. The molecule has 2 fully saturated rings. The van der Waals surface area contributed by atoms with Crippen LogP contribution in [0.5, 0.6) is 0 Å². The van der Waals surface area contributed by atoms with E-state index in [2.05, 4.69) is 5.32 Å². The van der Waals surface area contributed by atoms with Crippen LogP contribution in [0.15, 0.2) is 24.3 Å². The zero-order valence-corrected chi connectivity index (χ0v) is 11.1. The molecule has 3 N–H and O–H groups in total. The van der Waals surface area contributed by atoms with Gasteiger partial charge in [-0.05, 0) is 42.4 Å². The van der Waals surface area contributed by atoms with Gasteiger partial charge in [-0.25, -0.2) is 4.79 Å². The Kier molecular flexibility index (Phi) is 3.42. The van der Waals surface area contributed by atoms with Gasteiger partial charge >= 0.3 is 6.03 Å². The van der Waals surface area contributed by atoms with Crippen molar-refractivity contribution in [3.05, 3.63) is 29.8 Å². The molecule has 2 atom stereocenters. The fourth-order valence-corrected chi connectivity index (χ4v) is 3.38. The van der Waals surface area contributed by atoms with Crippen LogP contribution in [-0.4, -0.2) is 24.0 Å². The van der Waals surface area contributed by atoms with E-state index >= 15 is 0 Å². The van der Waals surface area contributed by atoms with E-state index < -0.39 is 0 Å². The third kappa shape index (κ3) is 2.59. The predicted molar refractivity (Wildman–Crippen MR) is 75.8 cm³/mol. The SMILES string of the molecule is NCc1cccc(NC(=O)N2CC3CCCC3C2)c1. The van der Waals surface area contributed by atoms with E-state index in [1.165, 1.54) is 19.3 Å². The fourth-order valence-electron chi connectivity index (χ4n) is 3.38. The molecule has 1 aliphatic heterocycles. The van der Waals surface area contributed by atoms with E-state index in [1.807, 2.05) is 29.2 Å². The van der Waals surface area contributed by atoms with Crippen LogP contribution in [0.3, 0.4) is 0 Å². The van der Waals surface area contributed by atoms with Gasteiger partial charge in [0.25, 0.3) is 0 Å². The van der Waals surface area contributed by atoms with Crippen molar-refractivity contribution in [3.63, 3.8) is 0 Å². The van der Waals surface area contributed by atoms with Gasteiger partial charge in [0.2, 0.25) is 0 Å². The van der Waals surface area contributed by atoms with Crippen LogP contribution in [-0.2, 0) is 6.54 Å². The van der Waals surface area contributed by atoms with Crippen molar-refractivity contribution in [2.75, 3.05) is 18.4 Å². The maximum Gasteiger partial charge on any atom is 0.321 e. The maximum atomic E-state index is 12.2. The molecule has 2 unspecified atom stereocenters. The number of carbonyl (C=O) groups excluding carboxylic acids is 1. The first-order valence-corrected chi connectivity index (χ1v) is 7.11. The minimum absolute atomic E-state index is 0.0311. The summed E-state index contributed by atoms with van der Waals surface area (Å²) < 4.78 is 0. The molecule has 4 heteroatoms. The number of urea groups is 1. The van der Waals surface area contributed by atoms with Crippen molar-refractivity contribution in [3.8, 4) is 0 Å². The molecule has 3 rings (SSSR count). The van der Waals surface area contributed by atoms with Crippen LogP contribution < -0.4 is 11.1 Å². The molecule has 0 spiro atoms. The number of carbonyl (C=O) groups is 1. The molecule has 1 aromatic rings. The average Bonchev–Trinajstić information content (AvgIpc) is 2.99. The number of hydrogen-bond acceptors (Lipinski definition) is 2. The third-order valence-electron chi connectivity index (χ3n) is 4.43. The monoisotopic (exact) mass is 259 g/mol. The van der Waals surface area contributed by atoms with Crippen molar-refractivity contribution < 1.29 is 4.79 Å². The second-order valence-corrected chi connectivity index (χ2v) is 5.69. The molecule has 1 saturated heterocycles. The Balaban J connectivity index is 1.62. The maximum absolute atomic E-state index is 12.2. The van der Waals surface area contributed by atoms with Crippen LogP contribution in [0.25, 0.3) is 0 Å². The summed E-state index contributed by atoms with van der Waals surface area (Å²) in [6.45, 7) is 2.34. The standard InChI is InChI=1S/C15H21N3O/c16-8-11-3-1-6-14(7-11)17-15(19)18-9-12-4-2-5-13(12)10-18/h1,3,6-7,12-13H,2,4-5,8-10,16H2,(H,17,19). The minimum atomic E-state index is 0.0311. The van der Waals surface area contributed by atoms with Gasteiger partial charge in [0.05, 0.1) is 0 Å². The quantitative estimate of drug-likeness (QED) is 0.857. The fraction of sp³-hybridized carbons (Fsp3) is 0.533. The molecular weight excluding hydrogens is 238 g/mol. The first-order valence-electron chi connectivity index (χ1n) is 7.11. The number of anilines is 1. The molecule has 0 bridgehead atoms. The van der Waals surface area contributed by atoms with Gasteiger partial charge < -0.3 is 16.0 Å². The van der Waals surface area contributed by atoms with Crippen LogP contribution in [0.4, 0.5) is 10.5 Å². The molecule has 2 aliphatic rings. The zero-order valence-electron chi connectivity index (χ0n) is 11.1. The second kappa shape index (κ2) is 5.21. The number of benzene rings is 1. The number of amides is 2. The van der Waals surface area contributed by atoms with Gasteiger partial charge in [-0.1, -0.05) is 18.6 Å². The minimum Gasteiger partial charge on any atom is -0.326 e. The summed E-state index contributed by atoms with van der Waals surface area (Å²) in [5.41, 5.74) is 7.49. The highest BCUT2D eigenvalue weighted by atomic mass is 16.2. The van der Waals surface area contributed by atoms with E-state index in [-0.39, 0.29) is 6.03 Å². The molecule has 0 radical (unpaired) electrons. The first kappa shape index (κ1) is 12.5.